The van der Waals surface area contributed by atoms with Gasteiger partial charge in [0.15, 0.2) is 0 Å². The van der Waals surface area contributed by atoms with E-state index in [0.29, 0.717) is 41.0 Å². The second kappa shape index (κ2) is 6.72. The molecule has 3 aromatic rings. The van der Waals surface area contributed by atoms with Crippen LogP contribution in [0.2, 0.25) is 5.02 Å². The molecule has 0 N–H and O–H groups in total. The monoisotopic (exact) mass is 396 g/mol. The molecule has 3 rings (SSSR count). The molecule has 120 valence electrons. The van der Waals surface area contributed by atoms with Crippen LogP contribution < -0.4 is 4.74 Å². The number of methoxy groups -OCH3 is 1. The van der Waals surface area contributed by atoms with E-state index in [2.05, 4.69) is 31.2 Å². The highest BCUT2D eigenvalue weighted by Gasteiger charge is 2.14. The van der Waals surface area contributed by atoms with Crippen molar-refractivity contribution in [3.05, 3.63) is 45.5 Å². The van der Waals surface area contributed by atoms with Gasteiger partial charge in [-0.3, -0.25) is 4.68 Å². The van der Waals surface area contributed by atoms with Gasteiger partial charge in [0, 0.05) is 24.2 Å². The van der Waals surface area contributed by atoms with Gasteiger partial charge in [0.05, 0.1) is 22.8 Å². The van der Waals surface area contributed by atoms with Crippen LogP contribution in [-0.2, 0) is 13.0 Å². The number of aryl methyl sites for hydroxylation is 3. The van der Waals surface area contributed by atoms with Crippen LogP contribution in [0.4, 0.5) is 0 Å². The summed E-state index contributed by atoms with van der Waals surface area (Å²) in [7, 11) is 1.59. The van der Waals surface area contributed by atoms with Crippen molar-refractivity contribution in [1.29, 1.82) is 0 Å². The van der Waals surface area contributed by atoms with Gasteiger partial charge in [0.25, 0.3) is 0 Å². The third kappa shape index (κ3) is 3.56. The third-order valence-corrected chi connectivity index (χ3v) is 4.33. The van der Waals surface area contributed by atoms with Gasteiger partial charge >= 0.3 is 0 Å². The molecule has 2 heterocycles. The van der Waals surface area contributed by atoms with Crippen LogP contribution in [0, 0.1) is 6.92 Å². The Balaban J connectivity index is 1.77. The fraction of sp³-hybridized carbons (Fsp3) is 0.267. The third-order valence-electron chi connectivity index (χ3n) is 3.31. The van der Waals surface area contributed by atoms with Gasteiger partial charge in [-0.2, -0.15) is 10.1 Å². The highest BCUT2D eigenvalue weighted by atomic mass is 79.9. The minimum absolute atomic E-state index is 0.456. The molecule has 1 aromatic carbocycles. The van der Waals surface area contributed by atoms with Gasteiger partial charge in [0.2, 0.25) is 11.7 Å². The van der Waals surface area contributed by atoms with Crippen molar-refractivity contribution in [3.63, 3.8) is 0 Å². The molecule has 6 nitrogen and oxygen atoms in total. The van der Waals surface area contributed by atoms with E-state index in [-0.39, 0.29) is 0 Å². The number of rotatable bonds is 5. The van der Waals surface area contributed by atoms with E-state index in [1.54, 1.807) is 25.3 Å². The summed E-state index contributed by atoms with van der Waals surface area (Å²) in [4.78, 5) is 4.41. The summed E-state index contributed by atoms with van der Waals surface area (Å²) < 4.78 is 13.4. The molecule has 8 heteroatoms. The van der Waals surface area contributed by atoms with E-state index >= 15 is 0 Å². The molecule has 0 fully saturated rings. The normalized spacial score (nSPS) is 11.0. The summed E-state index contributed by atoms with van der Waals surface area (Å²) in [5.41, 5.74) is 1.65. The lowest BCUT2D eigenvalue weighted by atomic mass is 10.2. The lowest BCUT2D eigenvalue weighted by Gasteiger charge is -2.04. The average molecular weight is 398 g/mol. The first kappa shape index (κ1) is 16.0. The van der Waals surface area contributed by atoms with Gasteiger partial charge in [0.1, 0.15) is 5.75 Å². The van der Waals surface area contributed by atoms with Crippen molar-refractivity contribution in [2.45, 2.75) is 19.9 Å². The molecule has 0 spiro atoms. The summed E-state index contributed by atoms with van der Waals surface area (Å²) >= 11 is 9.47. The topological polar surface area (TPSA) is 66.0 Å². The lowest BCUT2D eigenvalue weighted by molar-refractivity contribution is 0.368. The van der Waals surface area contributed by atoms with Crippen molar-refractivity contribution in [1.82, 2.24) is 19.9 Å². The first-order valence-corrected chi connectivity index (χ1v) is 8.10. The molecule has 0 aliphatic heterocycles. The van der Waals surface area contributed by atoms with Gasteiger partial charge < -0.3 is 9.26 Å². The molecule has 0 radical (unpaired) electrons. The lowest BCUT2D eigenvalue weighted by Crippen LogP contribution is -2.02. The van der Waals surface area contributed by atoms with Gasteiger partial charge in [-0.05, 0) is 41.1 Å². The number of halogens is 2. The fourth-order valence-corrected chi connectivity index (χ4v) is 2.63. The van der Waals surface area contributed by atoms with Crippen molar-refractivity contribution < 1.29 is 9.26 Å². The number of aromatic nitrogens is 4. The second-order valence-corrected chi connectivity index (χ2v) is 6.22. The van der Waals surface area contributed by atoms with Gasteiger partial charge in [-0.15, -0.1) is 0 Å². The zero-order valence-electron chi connectivity index (χ0n) is 12.6. The summed E-state index contributed by atoms with van der Waals surface area (Å²) in [6.45, 7) is 2.59. The van der Waals surface area contributed by atoms with E-state index in [4.69, 9.17) is 20.9 Å². The number of ether oxygens (including phenoxy) is 1. The van der Waals surface area contributed by atoms with E-state index in [1.807, 2.05) is 17.8 Å². The van der Waals surface area contributed by atoms with Gasteiger partial charge in [-0.1, -0.05) is 16.8 Å². The minimum Gasteiger partial charge on any atom is -0.496 e. The van der Waals surface area contributed by atoms with Crippen LogP contribution in [0.1, 0.15) is 11.6 Å². The summed E-state index contributed by atoms with van der Waals surface area (Å²) in [5.74, 6) is 1.64. The van der Waals surface area contributed by atoms with Crippen LogP contribution in [-0.4, -0.2) is 27.0 Å². The predicted octanol–water partition coefficient (Wildman–Crippen LogP) is 3.91. The molecule has 2 aromatic heterocycles. The highest BCUT2D eigenvalue weighted by Crippen LogP contribution is 2.30. The first-order valence-electron chi connectivity index (χ1n) is 6.93. The molecular formula is C15H14BrClN4O2. The predicted molar refractivity (Wildman–Crippen MR) is 89.7 cm³/mol. The first-order chi connectivity index (χ1) is 11.1. The summed E-state index contributed by atoms with van der Waals surface area (Å²) in [5, 5.41) is 8.97. The van der Waals surface area contributed by atoms with Crippen LogP contribution in [0.3, 0.4) is 0 Å². The maximum absolute atomic E-state index is 6.03. The number of benzene rings is 1. The van der Waals surface area contributed by atoms with Crippen molar-refractivity contribution in [2.75, 3.05) is 7.11 Å². The van der Waals surface area contributed by atoms with Crippen LogP contribution in [0.15, 0.2) is 33.4 Å². The Morgan fingerprint density at radius 1 is 1.39 bits per heavy atom. The Bertz CT molecular complexity index is 811. The zero-order chi connectivity index (χ0) is 16.4. The standard InChI is InChI=1S/C15H14BrClN4O2/c1-9-12(16)8-21(19-9)6-5-14-18-15(20-23-14)11-7-10(17)3-4-13(11)22-2/h3-4,7-8H,5-6H2,1-2H3. The maximum Gasteiger partial charge on any atom is 0.228 e. The summed E-state index contributed by atoms with van der Waals surface area (Å²) in [6.07, 6.45) is 2.51. The SMILES string of the molecule is COc1ccc(Cl)cc1-c1noc(CCn2cc(Br)c(C)n2)n1. The van der Waals surface area contributed by atoms with Crippen molar-refractivity contribution in [2.24, 2.45) is 0 Å². The van der Waals surface area contributed by atoms with Crippen LogP contribution in [0.25, 0.3) is 11.4 Å². The molecule has 0 amide bonds. The summed E-state index contributed by atoms with van der Waals surface area (Å²) in [6, 6.07) is 5.28. The molecule has 0 atom stereocenters. The molecule has 23 heavy (non-hydrogen) atoms. The molecular weight excluding hydrogens is 384 g/mol. The number of nitrogens with zero attached hydrogens (tertiary/aromatic N) is 4. The minimum atomic E-state index is 0.456. The molecule has 0 saturated heterocycles. The van der Waals surface area contributed by atoms with Crippen LogP contribution >= 0.6 is 27.5 Å². The largest absolute Gasteiger partial charge is 0.496 e. The Hall–Kier alpha value is -1.86. The maximum atomic E-state index is 6.03. The van der Waals surface area contributed by atoms with Crippen molar-refractivity contribution in [3.8, 4) is 17.1 Å². The van der Waals surface area contributed by atoms with Crippen molar-refractivity contribution >= 4 is 27.5 Å². The highest BCUT2D eigenvalue weighted by molar-refractivity contribution is 9.10. The van der Waals surface area contributed by atoms with E-state index in [0.717, 1.165) is 10.2 Å². The second-order valence-electron chi connectivity index (χ2n) is 4.93. The zero-order valence-corrected chi connectivity index (χ0v) is 14.9. The molecule has 0 bridgehead atoms. The van der Waals surface area contributed by atoms with Crippen LogP contribution in [0.5, 0.6) is 5.75 Å². The molecule has 0 saturated carbocycles. The average Bonchev–Trinajstić information content (AvgIpc) is 3.12. The molecule has 0 aliphatic carbocycles. The Morgan fingerprint density at radius 3 is 2.91 bits per heavy atom. The molecule has 0 aliphatic rings. The smallest absolute Gasteiger partial charge is 0.228 e. The Labute approximate surface area is 146 Å². The number of hydrogen-bond acceptors (Lipinski definition) is 5. The quantitative estimate of drug-likeness (QED) is 0.653. The fourth-order valence-electron chi connectivity index (χ4n) is 2.14. The van der Waals surface area contributed by atoms with Gasteiger partial charge in [-0.25, -0.2) is 0 Å². The van der Waals surface area contributed by atoms with E-state index in [9.17, 15) is 0 Å². The number of hydrogen-bond donors (Lipinski definition) is 0. The Morgan fingerprint density at radius 2 is 2.22 bits per heavy atom. The van der Waals surface area contributed by atoms with E-state index in [1.165, 1.54) is 0 Å². The Kier molecular flexibility index (Phi) is 4.68. The van der Waals surface area contributed by atoms with E-state index < -0.39 is 0 Å². The molecule has 0 unspecified atom stereocenters.